The van der Waals surface area contributed by atoms with Gasteiger partial charge in [-0.05, 0) is 30.1 Å². The van der Waals surface area contributed by atoms with Crippen molar-refractivity contribution in [2.75, 3.05) is 0 Å². The zero-order valence-electron chi connectivity index (χ0n) is 8.43. The van der Waals surface area contributed by atoms with Crippen LogP contribution < -0.4 is 0 Å². The summed E-state index contributed by atoms with van der Waals surface area (Å²) in [7, 11) is 0. The van der Waals surface area contributed by atoms with Crippen LogP contribution in [0, 0.1) is 23.7 Å². The minimum Gasteiger partial charge on any atom is -0.0651 e. The van der Waals surface area contributed by atoms with Crippen molar-refractivity contribution in [2.45, 2.75) is 47.0 Å². The minimum atomic E-state index is 0.954. The average molecular weight is 154 g/mol. The lowest BCUT2D eigenvalue weighted by Gasteiger charge is -2.21. The summed E-state index contributed by atoms with van der Waals surface area (Å²) in [6.07, 6.45) is 4.26. The minimum absolute atomic E-state index is 0.954. The van der Waals surface area contributed by atoms with Gasteiger partial charge in [0.05, 0.1) is 0 Å². The first-order valence-electron chi connectivity index (χ1n) is 5.20. The Bertz CT molecular complexity index is 113. The number of rotatable bonds is 4. The summed E-state index contributed by atoms with van der Waals surface area (Å²) >= 11 is 0. The molecule has 4 atom stereocenters. The molecule has 0 heterocycles. The van der Waals surface area contributed by atoms with Crippen molar-refractivity contribution < 1.29 is 0 Å². The molecule has 1 rings (SSSR count). The highest BCUT2D eigenvalue weighted by Crippen LogP contribution is 2.48. The summed E-state index contributed by atoms with van der Waals surface area (Å²) < 4.78 is 0. The Balaban J connectivity index is 2.37. The Labute approximate surface area is 71.4 Å². The van der Waals surface area contributed by atoms with Crippen LogP contribution in [0.25, 0.3) is 0 Å². The van der Waals surface area contributed by atoms with Gasteiger partial charge in [-0.2, -0.15) is 0 Å². The monoisotopic (exact) mass is 154 g/mol. The van der Waals surface area contributed by atoms with Gasteiger partial charge < -0.3 is 0 Å². The molecular formula is C11H22. The first-order chi connectivity index (χ1) is 5.20. The van der Waals surface area contributed by atoms with E-state index in [2.05, 4.69) is 27.7 Å². The molecule has 1 aliphatic rings. The fourth-order valence-electron chi connectivity index (χ4n) is 2.38. The van der Waals surface area contributed by atoms with E-state index in [1.54, 1.807) is 0 Å². The van der Waals surface area contributed by atoms with Gasteiger partial charge in [0.1, 0.15) is 0 Å². The van der Waals surface area contributed by atoms with Crippen LogP contribution >= 0.6 is 0 Å². The maximum absolute atomic E-state index is 2.42. The second-order valence-corrected chi connectivity index (χ2v) is 4.33. The summed E-state index contributed by atoms with van der Waals surface area (Å²) in [5.41, 5.74) is 0. The van der Waals surface area contributed by atoms with Crippen molar-refractivity contribution >= 4 is 0 Å². The largest absolute Gasteiger partial charge is 0.0651 e. The summed E-state index contributed by atoms with van der Waals surface area (Å²) in [6, 6.07) is 0. The summed E-state index contributed by atoms with van der Waals surface area (Å²) in [4.78, 5) is 0. The fourth-order valence-corrected chi connectivity index (χ4v) is 2.38. The Morgan fingerprint density at radius 2 is 1.82 bits per heavy atom. The van der Waals surface area contributed by atoms with E-state index in [0.717, 1.165) is 23.7 Å². The maximum atomic E-state index is 2.42. The SMILES string of the molecule is CCC(C)C(CC)C1CC1C. The molecule has 66 valence electrons. The molecule has 0 heteroatoms. The van der Waals surface area contributed by atoms with Crippen molar-refractivity contribution in [3.63, 3.8) is 0 Å². The first-order valence-corrected chi connectivity index (χ1v) is 5.20. The van der Waals surface area contributed by atoms with Gasteiger partial charge in [-0.3, -0.25) is 0 Å². The lowest BCUT2D eigenvalue weighted by Crippen LogP contribution is -2.12. The van der Waals surface area contributed by atoms with Gasteiger partial charge in [-0.1, -0.05) is 40.5 Å². The van der Waals surface area contributed by atoms with Crippen LogP contribution in [0.5, 0.6) is 0 Å². The summed E-state index contributed by atoms with van der Waals surface area (Å²) in [5, 5.41) is 0. The van der Waals surface area contributed by atoms with Gasteiger partial charge in [-0.25, -0.2) is 0 Å². The first kappa shape index (κ1) is 9.09. The Morgan fingerprint density at radius 1 is 1.27 bits per heavy atom. The molecule has 0 aromatic heterocycles. The maximum Gasteiger partial charge on any atom is -0.0355 e. The molecule has 0 saturated heterocycles. The van der Waals surface area contributed by atoms with Crippen molar-refractivity contribution in [3.05, 3.63) is 0 Å². The van der Waals surface area contributed by atoms with Crippen LogP contribution in [-0.4, -0.2) is 0 Å². The second kappa shape index (κ2) is 3.60. The van der Waals surface area contributed by atoms with Crippen LogP contribution in [0.3, 0.4) is 0 Å². The molecule has 11 heavy (non-hydrogen) atoms. The molecule has 0 amide bonds. The highest BCUT2D eigenvalue weighted by Gasteiger charge is 2.39. The van der Waals surface area contributed by atoms with E-state index >= 15 is 0 Å². The highest BCUT2D eigenvalue weighted by atomic mass is 14.4. The quantitative estimate of drug-likeness (QED) is 0.579. The van der Waals surface area contributed by atoms with E-state index in [-0.39, 0.29) is 0 Å². The molecule has 0 aliphatic heterocycles. The molecule has 0 bridgehead atoms. The van der Waals surface area contributed by atoms with Crippen molar-refractivity contribution in [3.8, 4) is 0 Å². The van der Waals surface area contributed by atoms with Gasteiger partial charge >= 0.3 is 0 Å². The van der Waals surface area contributed by atoms with Crippen LogP contribution in [0.1, 0.15) is 47.0 Å². The standard InChI is InChI=1S/C11H22/c1-5-8(3)10(6-2)11-7-9(11)4/h8-11H,5-7H2,1-4H3. The third-order valence-corrected chi connectivity index (χ3v) is 3.57. The molecule has 0 spiro atoms. The Kier molecular flexibility index (Phi) is 2.98. The predicted octanol–water partition coefficient (Wildman–Crippen LogP) is 3.71. The number of hydrogen-bond donors (Lipinski definition) is 0. The van der Waals surface area contributed by atoms with Gasteiger partial charge in [0.2, 0.25) is 0 Å². The number of hydrogen-bond acceptors (Lipinski definition) is 0. The van der Waals surface area contributed by atoms with Crippen molar-refractivity contribution in [1.29, 1.82) is 0 Å². The molecule has 1 fully saturated rings. The molecule has 0 nitrogen and oxygen atoms in total. The fraction of sp³-hybridized carbons (Fsp3) is 1.00. The molecule has 0 radical (unpaired) electrons. The van der Waals surface area contributed by atoms with E-state index in [1.807, 2.05) is 0 Å². The van der Waals surface area contributed by atoms with Crippen LogP contribution in [-0.2, 0) is 0 Å². The van der Waals surface area contributed by atoms with Gasteiger partial charge in [0.15, 0.2) is 0 Å². The lowest BCUT2D eigenvalue weighted by molar-refractivity contribution is 0.290. The molecule has 1 aliphatic carbocycles. The zero-order valence-corrected chi connectivity index (χ0v) is 8.43. The molecule has 1 saturated carbocycles. The molecule has 0 aromatic rings. The van der Waals surface area contributed by atoms with Crippen LogP contribution in [0.4, 0.5) is 0 Å². The summed E-state index contributed by atoms with van der Waals surface area (Å²) in [6.45, 7) is 9.48. The third-order valence-electron chi connectivity index (χ3n) is 3.57. The van der Waals surface area contributed by atoms with Gasteiger partial charge in [-0.15, -0.1) is 0 Å². The Morgan fingerprint density at radius 3 is 2.09 bits per heavy atom. The molecular weight excluding hydrogens is 132 g/mol. The van der Waals surface area contributed by atoms with Crippen LogP contribution in [0.2, 0.25) is 0 Å². The molecule has 0 N–H and O–H groups in total. The lowest BCUT2D eigenvalue weighted by atomic mass is 9.85. The predicted molar refractivity (Wildman–Crippen MR) is 50.5 cm³/mol. The van der Waals surface area contributed by atoms with Crippen LogP contribution in [0.15, 0.2) is 0 Å². The van der Waals surface area contributed by atoms with E-state index in [0.29, 0.717) is 0 Å². The smallest absolute Gasteiger partial charge is 0.0355 e. The summed E-state index contributed by atoms with van der Waals surface area (Å²) in [5.74, 6) is 4.09. The van der Waals surface area contributed by atoms with Gasteiger partial charge in [0.25, 0.3) is 0 Å². The van der Waals surface area contributed by atoms with E-state index in [9.17, 15) is 0 Å². The van der Waals surface area contributed by atoms with Crippen molar-refractivity contribution in [1.82, 2.24) is 0 Å². The highest BCUT2D eigenvalue weighted by molar-refractivity contribution is 4.89. The molecule has 4 unspecified atom stereocenters. The van der Waals surface area contributed by atoms with Gasteiger partial charge in [0, 0.05) is 0 Å². The van der Waals surface area contributed by atoms with E-state index < -0.39 is 0 Å². The Hall–Kier alpha value is 0. The third kappa shape index (κ3) is 1.98. The van der Waals surface area contributed by atoms with E-state index in [1.165, 1.54) is 19.3 Å². The second-order valence-electron chi connectivity index (χ2n) is 4.33. The van der Waals surface area contributed by atoms with E-state index in [4.69, 9.17) is 0 Å². The topological polar surface area (TPSA) is 0 Å². The average Bonchev–Trinajstić information content (AvgIpc) is 2.68. The van der Waals surface area contributed by atoms with Crippen molar-refractivity contribution in [2.24, 2.45) is 23.7 Å². The normalized spacial score (nSPS) is 34.9. The molecule has 0 aromatic carbocycles. The zero-order chi connectivity index (χ0) is 8.43.